The van der Waals surface area contributed by atoms with Crippen molar-refractivity contribution in [3.8, 4) is 5.69 Å². The average Bonchev–Trinajstić information content (AvgIpc) is 3.18. The van der Waals surface area contributed by atoms with Gasteiger partial charge >= 0.3 is 0 Å². The van der Waals surface area contributed by atoms with Crippen LogP contribution in [0.2, 0.25) is 5.02 Å². The van der Waals surface area contributed by atoms with E-state index in [1.54, 1.807) is 0 Å². The Kier molecular flexibility index (Phi) is 4.73. The van der Waals surface area contributed by atoms with Crippen LogP contribution in [0.15, 0.2) is 30.3 Å². The number of amides is 1. The van der Waals surface area contributed by atoms with E-state index in [4.69, 9.17) is 11.6 Å². The molecule has 1 fully saturated rings. The van der Waals surface area contributed by atoms with E-state index >= 15 is 0 Å². The molecule has 0 radical (unpaired) electrons. The lowest BCUT2D eigenvalue weighted by molar-refractivity contribution is 0.0918. The van der Waals surface area contributed by atoms with Crippen LogP contribution in [0, 0.1) is 12.8 Å². The number of benzene rings is 1. The number of carbonyl (C=O) groups excluding carboxylic acids is 1. The van der Waals surface area contributed by atoms with Gasteiger partial charge in [0.05, 0.1) is 16.3 Å². The van der Waals surface area contributed by atoms with Gasteiger partial charge in [-0.05, 0) is 56.6 Å². The third-order valence-electron chi connectivity index (χ3n) is 4.92. The van der Waals surface area contributed by atoms with E-state index in [1.807, 2.05) is 41.9 Å². The van der Waals surface area contributed by atoms with Gasteiger partial charge in [0.15, 0.2) is 0 Å². The zero-order chi connectivity index (χ0) is 18.3. The van der Waals surface area contributed by atoms with Crippen LogP contribution in [0.5, 0.6) is 0 Å². The second-order valence-corrected chi connectivity index (χ2v) is 8.32. The first-order valence-corrected chi connectivity index (χ1v) is 9.99. The zero-order valence-electron chi connectivity index (χ0n) is 14.8. The highest BCUT2D eigenvalue weighted by Gasteiger charge is 2.24. The molecule has 2 N–H and O–H groups in total. The van der Waals surface area contributed by atoms with Crippen LogP contribution in [0.3, 0.4) is 0 Å². The summed E-state index contributed by atoms with van der Waals surface area (Å²) in [5.74, 6) is 0.438. The van der Waals surface area contributed by atoms with Crippen molar-refractivity contribution in [3.05, 3.63) is 45.9 Å². The SMILES string of the molecule is Cc1nn(-c2cccc(Cl)c2)c2sc(C(=O)NC3CCNCC3C)cc12. The predicted molar refractivity (Wildman–Crippen MR) is 107 cm³/mol. The molecule has 2 unspecified atom stereocenters. The molecule has 0 aliphatic carbocycles. The number of nitrogens with zero attached hydrogens (tertiary/aromatic N) is 2. The molecule has 1 amide bonds. The fraction of sp³-hybridized carbons (Fsp3) is 0.368. The van der Waals surface area contributed by atoms with Crippen molar-refractivity contribution in [3.63, 3.8) is 0 Å². The van der Waals surface area contributed by atoms with Gasteiger partial charge in [-0.3, -0.25) is 4.79 Å². The second kappa shape index (κ2) is 7.02. The fourth-order valence-electron chi connectivity index (χ4n) is 3.41. The Morgan fingerprint density at radius 2 is 2.27 bits per heavy atom. The summed E-state index contributed by atoms with van der Waals surface area (Å²) in [6.45, 7) is 6.03. The molecule has 2 aromatic heterocycles. The van der Waals surface area contributed by atoms with Crippen molar-refractivity contribution in [2.45, 2.75) is 26.3 Å². The summed E-state index contributed by atoms with van der Waals surface area (Å²) in [5, 5.41) is 12.9. The lowest BCUT2D eigenvalue weighted by Crippen LogP contribution is -2.48. The first-order chi connectivity index (χ1) is 12.5. The molecule has 1 saturated heterocycles. The Labute approximate surface area is 161 Å². The third kappa shape index (κ3) is 3.24. The number of halogens is 1. The van der Waals surface area contributed by atoms with Crippen molar-refractivity contribution < 1.29 is 4.79 Å². The van der Waals surface area contributed by atoms with Gasteiger partial charge < -0.3 is 10.6 Å². The maximum absolute atomic E-state index is 12.8. The van der Waals surface area contributed by atoms with Crippen LogP contribution in [0.4, 0.5) is 0 Å². The van der Waals surface area contributed by atoms with Gasteiger partial charge in [-0.15, -0.1) is 11.3 Å². The summed E-state index contributed by atoms with van der Waals surface area (Å²) < 4.78 is 1.87. The maximum Gasteiger partial charge on any atom is 0.261 e. The molecule has 0 bridgehead atoms. The normalized spacial score (nSPS) is 20.4. The van der Waals surface area contributed by atoms with Gasteiger partial charge in [0.1, 0.15) is 4.83 Å². The molecule has 26 heavy (non-hydrogen) atoms. The molecule has 3 heterocycles. The fourth-order valence-corrected chi connectivity index (χ4v) is 4.68. The van der Waals surface area contributed by atoms with Crippen molar-refractivity contribution in [2.24, 2.45) is 5.92 Å². The Morgan fingerprint density at radius 1 is 1.42 bits per heavy atom. The highest BCUT2D eigenvalue weighted by molar-refractivity contribution is 7.20. The number of thiophene rings is 1. The minimum atomic E-state index is 0.00185. The summed E-state index contributed by atoms with van der Waals surface area (Å²) in [6, 6.07) is 9.76. The molecular formula is C19H21ClN4OS. The van der Waals surface area contributed by atoms with Gasteiger partial charge in [0.25, 0.3) is 5.91 Å². The largest absolute Gasteiger partial charge is 0.348 e. The molecule has 1 aliphatic rings. The number of hydrogen-bond donors (Lipinski definition) is 2. The molecule has 4 rings (SSSR count). The Morgan fingerprint density at radius 3 is 3.04 bits per heavy atom. The van der Waals surface area contributed by atoms with Crippen LogP contribution >= 0.6 is 22.9 Å². The molecule has 3 aromatic rings. The summed E-state index contributed by atoms with van der Waals surface area (Å²) in [4.78, 5) is 14.5. The summed E-state index contributed by atoms with van der Waals surface area (Å²) in [7, 11) is 0. The highest BCUT2D eigenvalue weighted by atomic mass is 35.5. The first kappa shape index (κ1) is 17.5. The van der Waals surface area contributed by atoms with Gasteiger partial charge in [0, 0.05) is 16.5 Å². The van der Waals surface area contributed by atoms with Crippen LogP contribution in [0.25, 0.3) is 15.9 Å². The predicted octanol–water partition coefficient (Wildman–Crippen LogP) is 3.78. The van der Waals surface area contributed by atoms with Crippen molar-refractivity contribution in [1.29, 1.82) is 0 Å². The number of aryl methyl sites for hydroxylation is 1. The number of rotatable bonds is 3. The van der Waals surface area contributed by atoms with E-state index in [1.165, 1.54) is 11.3 Å². The van der Waals surface area contributed by atoms with Crippen LogP contribution < -0.4 is 10.6 Å². The van der Waals surface area contributed by atoms with Gasteiger partial charge in [0.2, 0.25) is 0 Å². The van der Waals surface area contributed by atoms with E-state index in [0.717, 1.165) is 46.0 Å². The lowest BCUT2D eigenvalue weighted by atomic mass is 9.95. The Balaban J connectivity index is 1.65. The van der Waals surface area contributed by atoms with E-state index in [0.29, 0.717) is 10.9 Å². The minimum Gasteiger partial charge on any atom is -0.348 e. The Bertz CT molecular complexity index is 964. The van der Waals surface area contributed by atoms with E-state index < -0.39 is 0 Å². The second-order valence-electron chi connectivity index (χ2n) is 6.86. The van der Waals surface area contributed by atoms with Crippen molar-refractivity contribution >= 4 is 39.1 Å². The molecule has 0 saturated carbocycles. The van der Waals surface area contributed by atoms with Crippen molar-refractivity contribution in [2.75, 3.05) is 13.1 Å². The van der Waals surface area contributed by atoms with E-state index in [-0.39, 0.29) is 11.9 Å². The first-order valence-electron chi connectivity index (χ1n) is 8.79. The van der Waals surface area contributed by atoms with Gasteiger partial charge in [-0.25, -0.2) is 4.68 Å². The maximum atomic E-state index is 12.8. The zero-order valence-corrected chi connectivity index (χ0v) is 16.3. The smallest absolute Gasteiger partial charge is 0.261 e. The summed E-state index contributed by atoms with van der Waals surface area (Å²) >= 11 is 7.60. The molecule has 7 heteroatoms. The minimum absolute atomic E-state index is 0.00185. The average molecular weight is 389 g/mol. The Hall–Kier alpha value is -1.89. The van der Waals surface area contributed by atoms with Gasteiger partial charge in [-0.1, -0.05) is 24.6 Å². The van der Waals surface area contributed by atoms with Crippen LogP contribution in [-0.4, -0.2) is 34.8 Å². The number of piperidine rings is 1. The van der Waals surface area contributed by atoms with Crippen molar-refractivity contribution in [1.82, 2.24) is 20.4 Å². The summed E-state index contributed by atoms with van der Waals surface area (Å²) in [6.07, 6.45) is 0.965. The molecular weight excluding hydrogens is 368 g/mol. The van der Waals surface area contributed by atoms with E-state index in [2.05, 4.69) is 22.7 Å². The van der Waals surface area contributed by atoms with Gasteiger partial charge in [-0.2, -0.15) is 5.10 Å². The van der Waals surface area contributed by atoms with Crippen LogP contribution in [0.1, 0.15) is 28.7 Å². The standard InChI is InChI=1S/C19H21ClN4OS/c1-11-10-21-7-6-16(11)22-18(25)17-9-15-12(2)23-24(19(15)26-17)14-5-3-4-13(20)8-14/h3-5,8-9,11,16,21H,6-7,10H2,1-2H3,(H,22,25). The third-order valence-corrected chi connectivity index (χ3v) is 6.27. The number of nitrogens with one attached hydrogen (secondary N) is 2. The molecule has 5 nitrogen and oxygen atoms in total. The lowest BCUT2D eigenvalue weighted by Gasteiger charge is -2.30. The monoisotopic (exact) mass is 388 g/mol. The number of fused-ring (bicyclic) bond motifs is 1. The molecule has 136 valence electrons. The number of carbonyl (C=O) groups is 1. The number of aromatic nitrogens is 2. The van der Waals surface area contributed by atoms with E-state index in [9.17, 15) is 4.79 Å². The summed E-state index contributed by atoms with van der Waals surface area (Å²) in [5.41, 5.74) is 1.81. The molecule has 0 spiro atoms. The number of hydrogen-bond acceptors (Lipinski definition) is 4. The highest BCUT2D eigenvalue weighted by Crippen LogP contribution is 2.31. The molecule has 1 aromatic carbocycles. The topological polar surface area (TPSA) is 59.0 Å². The molecule has 2 atom stereocenters. The molecule has 1 aliphatic heterocycles. The quantitative estimate of drug-likeness (QED) is 0.717. The van der Waals surface area contributed by atoms with Crippen LogP contribution in [-0.2, 0) is 0 Å².